The summed E-state index contributed by atoms with van der Waals surface area (Å²) in [7, 11) is 0. The van der Waals surface area contributed by atoms with Crippen LogP contribution in [0.25, 0.3) is 27.2 Å². The summed E-state index contributed by atoms with van der Waals surface area (Å²) >= 11 is 18.3. The van der Waals surface area contributed by atoms with Gasteiger partial charge in [-0.15, -0.1) is 0 Å². The molecule has 1 saturated heterocycles. The maximum absolute atomic E-state index is 6.56. The van der Waals surface area contributed by atoms with Crippen LogP contribution >= 0.6 is 50.5 Å². The van der Waals surface area contributed by atoms with E-state index in [0.717, 1.165) is 87.7 Å². The quantitative estimate of drug-likeness (QED) is 0.240. The van der Waals surface area contributed by atoms with Gasteiger partial charge in [-0.2, -0.15) is 4.98 Å². The number of benzene rings is 1. The van der Waals surface area contributed by atoms with Crippen LogP contribution in [0.2, 0.25) is 10.0 Å². The van der Waals surface area contributed by atoms with Crippen LogP contribution in [0.3, 0.4) is 0 Å². The summed E-state index contributed by atoms with van der Waals surface area (Å²) < 4.78 is 8.00. The largest absolute Gasteiger partial charge is 0.360 e. The minimum Gasteiger partial charge on any atom is -0.360 e. The Hall–Kier alpha value is -1.93. The molecule has 4 heterocycles. The van der Waals surface area contributed by atoms with Crippen molar-refractivity contribution in [3.8, 4) is 11.3 Å². The molecule has 2 aliphatic carbocycles. The van der Waals surface area contributed by atoms with E-state index in [0.29, 0.717) is 16.0 Å². The van der Waals surface area contributed by atoms with E-state index in [1.165, 1.54) is 5.57 Å². The second-order valence-corrected chi connectivity index (χ2v) is 12.5. The van der Waals surface area contributed by atoms with Gasteiger partial charge in [0.15, 0.2) is 10.8 Å². The zero-order valence-corrected chi connectivity index (χ0v) is 22.6. The molecule has 2 fully saturated rings. The molecule has 0 bridgehead atoms. The minimum atomic E-state index is 0.226. The molecule has 1 spiro atoms. The molecule has 0 radical (unpaired) electrons. The number of thiazole rings is 1. The fraction of sp³-hybridized carbons (Fsp3) is 0.346. The first kappa shape index (κ1) is 22.3. The standard InChI is InChI=1S/C26H21BrCl2N4OS/c27-16-10-19-24(30-13-16)31-25(35-19)33-8-6-26(7-9-33)11-15(12-26)20-22(32-34-23(20)14-4-5-14)21-17(28)2-1-3-18(21)29/h1-3,10-11,13-14H,4-9,12H2. The lowest BCUT2D eigenvalue weighted by Crippen LogP contribution is -2.42. The third-order valence-electron chi connectivity index (χ3n) is 7.44. The predicted octanol–water partition coefficient (Wildman–Crippen LogP) is 8.37. The molecule has 1 aromatic carbocycles. The van der Waals surface area contributed by atoms with Crippen LogP contribution < -0.4 is 4.90 Å². The van der Waals surface area contributed by atoms with E-state index in [2.05, 4.69) is 43.1 Å². The Morgan fingerprint density at radius 2 is 1.86 bits per heavy atom. The highest BCUT2D eigenvalue weighted by atomic mass is 79.9. The normalized spacial score (nSPS) is 19.3. The summed E-state index contributed by atoms with van der Waals surface area (Å²) in [5.41, 5.74) is 5.05. The van der Waals surface area contributed by atoms with Gasteiger partial charge in [0.05, 0.1) is 14.7 Å². The molecule has 5 nitrogen and oxygen atoms in total. The van der Waals surface area contributed by atoms with Crippen LogP contribution in [0.15, 0.2) is 45.5 Å². The first-order valence-electron chi connectivity index (χ1n) is 11.8. The van der Waals surface area contributed by atoms with Crippen LogP contribution in [0, 0.1) is 5.41 Å². The fourth-order valence-electron chi connectivity index (χ4n) is 5.40. The van der Waals surface area contributed by atoms with Gasteiger partial charge in [0.2, 0.25) is 0 Å². The van der Waals surface area contributed by atoms with E-state index in [4.69, 9.17) is 32.7 Å². The molecule has 1 aliphatic heterocycles. The van der Waals surface area contributed by atoms with Crippen molar-refractivity contribution in [2.75, 3.05) is 18.0 Å². The first-order chi connectivity index (χ1) is 17.0. The third-order valence-corrected chi connectivity index (χ3v) is 9.56. The lowest BCUT2D eigenvalue weighted by molar-refractivity contribution is 0.277. The van der Waals surface area contributed by atoms with Gasteiger partial charge >= 0.3 is 0 Å². The molecule has 0 N–H and O–H groups in total. The first-order valence-corrected chi connectivity index (χ1v) is 14.2. The Kier molecular flexibility index (Phi) is 5.28. The highest BCUT2D eigenvalue weighted by molar-refractivity contribution is 9.10. The average molecular weight is 588 g/mol. The number of pyridine rings is 1. The van der Waals surface area contributed by atoms with Crippen molar-refractivity contribution in [1.29, 1.82) is 0 Å². The third kappa shape index (κ3) is 3.82. The summed E-state index contributed by atoms with van der Waals surface area (Å²) in [6.07, 6.45) is 9.82. The number of rotatable bonds is 4. The second kappa shape index (κ2) is 8.30. The van der Waals surface area contributed by atoms with Gasteiger partial charge in [-0.1, -0.05) is 51.8 Å². The number of anilines is 1. The van der Waals surface area contributed by atoms with E-state index in [-0.39, 0.29) is 5.41 Å². The van der Waals surface area contributed by atoms with Gasteiger partial charge in [-0.05, 0) is 77.2 Å². The lowest BCUT2D eigenvalue weighted by atomic mass is 9.63. The van der Waals surface area contributed by atoms with Crippen molar-refractivity contribution in [1.82, 2.24) is 15.1 Å². The topological polar surface area (TPSA) is 55.1 Å². The van der Waals surface area contributed by atoms with Crippen molar-refractivity contribution in [2.24, 2.45) is 5.41 Å². The number of hydrogen-bond acceptors (Lipinski definition) is 6. The summed E-state index contributed by atoms with van der Waals surface area (Å²) in [6.45, 7) is 1.99. The molecule has 3 aromatic heterocycles. The summed E-state index contributed by atoms with van der Waals surface area (Å²) in [4.78, 5) is 11.6. The van der Waals surface area contributed by atoms with Gasteiger partial charge in [-0.3, -0.25) is 0 Å². The van der Waals surface area contributed by atoms with Crippen LogP contribution in [0.1, 0.15) is 49.3 Å². The van der Waals surface area contributed by atoms with Crippen molar-refractivity contribution in [3.05, 3.63) is 62.4 Å². The maximum atomic E-state index is 6.56. The highest BCUT2D eigenvalue weighted by Gasteiger charge is 2.44. The Morgan fingerprint density at radius 3 is 2.57 bits per heavy atom. The number of hydrogen-bond donors (Lipinski definition) is 0. The van der Waals surface area contributed by atoms with E-state index in [9.17, 15) is 0 Å². The molecule has 3 aliphatic rings. The van der Waals surface area contributed by atoms with Gasteiger partial charge in [0.25, 0.3) is 0 Å². The average Bonchev–Trinajstić information content (AvgIpc) is 3.44. The Bertz CT molecular complexity index is 1480. The number of aromatic nitrogens is 3. The SMILES string of the molecule is Clc1cccc(Cl)c1-c1noc(C2CC2)c1C1=CC2(CCN(c3nc4ncc(Br)cc4s3)CC2)C1. The molecule has 1 saturated carbocycles. The van der Waals surface area contributed by atoms with Gasteiger partial charge in [0.1, 0.15) is 11.5 Å². The van der Waals surface area contributed by atoms with Crippen molar-refractivity contribution in [2.45, 2.75) is 38.0 Å². The smallest absolute Gasteiger partial charge is 0.188 e. The van der Waals surface area contributed by atoms with Crippen LogP contribution in [-0.2, 0) is 0 Å². The zero-order valence-electron chi connectivity index (χ0n) is 18.7. The van der Waals surface area contributed by atoms with Gasteiger partial charge in [-0.25, -0.2) is 4.98 Å². The van der Waals surface area contributed by atoms with Crippen LogP contribution in [-0.4, -0.2) is 28.2 Å². The van der Waals surface area contributed by atoms with Crippen molar-refractivity contribution in [3.63, 3.8) is 0 Å². The number of halogens is 3. The molecular weight excluding hydrogens is 567 g/mol. The molecule has 0 amide bonds. The molecule has 0 unspecified atom stereocenters. The minimum absolute atomic E-state index is 0.226. The Labute approximate surface area is 225 Å². The lowest BCUT2D eigenvalue weighted by Gasteiger charge is -2.46. The highest BCUT2D eigenvalue weighted by Crippen LogP contribution is 2.56. The Morgan fingerprint density at radius 1 is 1.11 bits per heavy atom. The molecule has 0 atom stereocenters. The van der Waals surface area contributed by atoms with Crippen molar-refractivity contribution < 1.29 is 4.52 Å². The monoisotopic (exact) mass is 586 g/mol. The zero-order chi connectivity index (χ0) is 23.7. The second-order valence-electron chi connectivity index (χ2n) is 9.81. The van der Waals surface area contributed by atoms with E-state index in [1.807, 2.05) is 24.4 Å². The Balaban J connectivity index is 1.16. The van der Waals surface area contributed by atoms with Crippen LogP contribution in [0.5, 0.6) is 0 Å². The number of allylic oxidation sites excluding steroid dienone is 2. The summed E-state index contributed by atoms with van der Waals surface area (Å²) in [5.74, 6) is 1.46. The fourth-order valence-corrected chi connectivity index (χ4v) is 7.47. The molecule has 35 heavy (non-hydrogen) atoms. The molecule has 9 heteroatoms. The molecule has 7 rings (SSSR count). The van der Waals surface area contributed by atoms with Gasteiger partial charge in [0, 0.05) is 40.8 Å². The predicted molar refractivity (Wildman–Crippen MR) is 146 cm³/mol. The molecule has 178 valence electrons. The summed E-state index contributed by atoms with van der Waals surface area (Å²) in [5, 5.41) is 6.75. The number of nitrogens with zero attached hydrogens (tertiary/aromatic N) is 4. The number of piperidine rings is 1. The number of fused-ring (bicyclic) bond motifs is 1. The van der Waals surface area contributed by atoms with E-state index >= 15 is 0 Å². The van der Waals surface area contributed by atoms with Crippen molar-refractivity contribution >= 4 is 71.5 Å². The summed E-state index contributed by atoms with van der Waals surface area (Å²) in [6, 6.07) is 7.68. The van der Waals surface area contributed by atoms with Gasteiger partial charge < -0.3 is 9.42 Å². The maximum Gasteiger partial charge on any atom is 0.188 e. The molecular formula is C26H21BrCl2N4OS. The molecule has 4 aromatic rings. The van der Waals surface area contributed by atoms with Crippen LogP contribution in [0.4, 0.5) is 5.13 Å². The van der Waals surface area contributed by atoms with E-state index < -0.39 is 0 Å². The van der Waals surface area contributed by atoms with E-state index in [1.54, 1.807) is 11.3 Å².